The minimum atomic E-state index is -0.693. The predicted molar refractivity (Wildman–Crippen MR) is 79.5 cm³/mol. The molecular formula is C16H21N3O3. The van der Waals surface area contributed by atoms with Crippen LogP contribution in [0.2, 0.25) is 0 Å². The van der Waals surface area contributed by atoms with E-state index < -0.39 is 11.8 Å². The molecule has 0 aliphatic heterocycles. The van der Waals surface area contributed by atoms with Gasteiger partial charge >= 0.3 is 0 Å². The van der Waals surface area contributed by atoms with E-state index in [0.29, 0.717) is 17.9 Å². The zero-order valence-electron chi connectivity index (χ0n) is 12.7. The van der Waals surface area contributed by atoms with E-state index in [0.717, 1.165) is 30.6 Å². The molecule has 2 rings (SSSR count). The van der Waals surface area contributed by atoms with Crippen molar-refractivity contribution in [2.75, 3.05) is 7.05 Å². The maximum Gasteiger partial charge on any atom is 0.284 e. The maximum atomic E-state index is 12.5. The van der Waals surface area contributed by atoms with Crippen molar-refractivity contribution < 1.29 is 14.0 Å². The molecule has 0 spiro atoms. The van der Waals surface area contributed by atoms with Gasteiger partial charge in [0, 0.05) is 12.6 Å². The molecule has 6 nitrogen and oxygen atoms in total. The molecule has 1 aromatic heterocycles. The number of nitriles is 1. The zero-order valence-corrected chi connectivity index (χ0v) is 12.7. The highest BCUT2D eigenvalue weighted by atomic mass is 16.3. The molecule has 2 amide bonds. The van der Waals surface area contributed by atoms with Crippen LogP contribution in [-0.4, -0.2) is 23.8 Å². The largest absolute Gasteiger partial charge is 0.459 e. The summed E-state index contributed by atoms with van der Waals surface area (Å²) in [5.74, 6) is -1.14. The highest BCUT2D eigenvalue weighted by Gasteiger charge is 2.32. The number of carbonyl (C=O) groups is 2. The lowest BCUT2D eigenvalue weighted by Crippen LogP contribution is -2.30. The van der Waals surface area contributed by atoms with Crippen molar-refractivity contribution in [3.05, 3.63) is 23.7 Å². The van der Waals surface area contributed by atoms with E-state index in [-0.39, 0.29) is 11.7 Å². The first kappa shape index (κ1) is 16.1. The molecule has 0 radical (unpaired) electrons. The van der Waals surface area contributed by atoms with Crippen LogP contribution in [0.3, 0.4) is 0 Å². The molecule has 1 aliphatic carbocycles. The third-order valence-electron chi connectivity index (χ3n) is 4.37. The van der Waals surface area contributed by atoms with Crippen molar-refractivity contribution >= 4 is 11.8 Å². The standard InChI is InChI=1S/C16H21N3O3/c1-19(10-17)16(21)13(9-11-5-3-2-4-6-11)12-7-8-22-14(12)15(18)20/h7-8,11,13H,2-6,9H2,1H3,(H2,18,20)/t13-/m0/s1. The Bertz CT molecular complexity index is 582. The molecule has 1 saturated carbocycles. The molecule has 2 N–H and O–H groups in total. The third-order valence-corrected chi connectivity index (χ3v) is 4.37. The van der Waals surface area contributed by atoms with Crippen LogP contribution in [0, 0.1) is 17.4 Å². The van der Waals surface area contributed by atoms with Crippen LogP contribution < -0.4 is 5.73 Å². The topological polar surface area (TPSA) is 100 Å². The van der Waals surface area contributed by atoms with Gasteiger partial charge in [0.2, 0.25) is 5.91 Å². The van der Waals surface area contributed by atoms with Gasteiger partial charge in [-0.3, -0.25) is 14.5 Å². The predicted octanol–water partition coefficient (Wildman–Crippen LogP) is 2.37. The summed E-state index contributed by atoms with van der Waals surface area (Å²) in [5, 5.41) is 8.98. The molecule has 1 heterocycles. The van der Waals surface area contributed by atoms with Gasteiger partial charge in [0.25, 0.3) is 5.91 Å². The number of nitrogens with two attached hydrogens (primary N) is 1. The fourth-order valence-corrected chi connectivity index (χ4v) is 3.19. The Balaban J connectivity index is 2.28. The van der Waals surface area contributed by atoms with Crippen LogP contribution >= 0.6 is 0 Å². The first-order valence-electron chi connectivity index (χ1n) is 7.59. The molecule has 1 aromatic rings. The Morgan fingerprint density at radius 3 is 2.73 bits per heavy atom. The normalized spacial score (nSPS) is 16.7. The number of hydrogen-bond acceptors (Lipinski definition) is 4. The van der Waals surface area contributed by atoms with Crippen molar-refractivity contribution in [3.8, 4) is 6.19 Å². The molecule has 1 fully saturated rings. The summed E-state index contributed by atoms with van der Waals surface area (Å²) in [6.07, 6.45) is 9.50. The molecule has 0 saturated heterocycles. The van der Waals surface area contributed by atoms with E-state index in [1.165, 1.54) is 19.7 Å². The Hall–Kier alpha value is -2.29. The second-order valence-electron chi connectivity index (χ2n) is 5.86. The van der Waals surface area contributed by atoms with Crippen molar-refractivity contribution in [1.82, 2.24) is 4.90 Å². The van der Waals surface area contributed by atoms with Crippen LogP contribution in [0.15, 0.2) is 16.7 Å². The van der Waals surface area contributed by atoms with Gasteiger partial charge in [-0.05, 0) is 18.4 Å². The van der Waals surface area contributed by atoms with E-state index in [4.69, 9.17) is 15.4 Å². The fourth-order valence-electron chi connectivity index (χ4n) is 3.19. The number of furan rings is 1. The average molecular weight is 303 g/mol. The van der Waals surface area contributed by atoms with Gasteiger partial charge in [-0.25, -0.2) is 0 Å². The minimum Gasteiger partial charge on any atom is -0.459 e. The van der Waals surface area contributed by atoms with Gasteiger partial charge in [0.15, 0.2) is 12.0 Å². The van der Waals surface area contributed by atoms with E-state index in [1.807, 2.05) is 6.19 Å². The lowest BCUT2D eigenvalue weighted by Gasteiger charge is -2.26. The summed E-state index contributed by atoms with van der Waals surface area (Å²) in [7, 11) is 1.43. The summed E-state index contributed by atoms with van der Waals surface area (Å²) in [6.45, 7) is 0. The minimum absolute atomic E-state index is 0.0144. The van der Waals surface area contributed by atoms with E-state index >= 15 is 0 Å². The number of carbonyl (C=O) groups excluding carboxylic acids is 2. The van der Waals surface area contributed by atoms with E-state index in [1.54, 1.807) is 6.07 Å². The smallest absolute Gasteiger partial charge is 0.284 e. The Morgan fingerprint density at radius 2 is 2.14 bits per heavy atom. The molecule has 118 valence electrons. The summed E-state index contributed by atoms with van der Waals surface area (Å²) < 4.78 is 5.13. The number of nitrogens with zero attached hydrogens (tertiary/aromatic N) is 2. The molecule has 22 heavy (non-hydrogen) atoms. The van der Waals surface area contributed by atoms with Gasteiger partial charge in [-0.1, -0.05) is 32.1 Å². The summed E-state index contributed by atoms with van der Waals surface area (Å²) >= 11 is 0. The van der Waals surface area contributed by atoms with Gasteiger partial charge in [-0.2, -0.15) is 5.26 Å². The van der Waals surface area contributed by atoms with Crippen LogP contribution in [0.25, 0.3) is 0 Å². The van der Waals surface area contributed by atoms with Gasteiger partial charge < -0.3 is 10.2 Å². The molecule has 0 bridgehead atoms. The Morgan fingerprint density at radius 1 is 1.45 bits per heavy atom. The number of amides is 2. The summed E-state index contributed by atoms with van der Waals surface area (Å²) in [6, 6.07) is 1.61. The van der Waals surface area contributed by atoms with Crippen molar-refractivity contribution in [3.63, 3.8) is 0 Å². The summed E-state index contributed by atoms with van der Waals surface area (Å²) in [5.41, 5.74) is 5.81. The van der Waals surface area contributed by atoms with Crippen molar-refractivity contribution in [2.24, 2.45) is 11.7 Å². The maximum absolute atomic E-state index is 12.5. The van der Waals surface area contributed by atoms with Gasteiger partial charge in [0.1, 0.15) is 0 Å². The second-order valence-corrected chi connectivity index (χ2v) is 5.86. The molecule has 1 atom stereocenters. The van der Waals surface area contributed by atoms with Crippen molar-refractivity contribution in [2.45, 2.75) is 44.4 Å². The third kappa shape index (κ3) is 3.48. The van der Waals surface area contributed by atoms with Crippen LogP contribution in [0.5, 0.6) is 0 Å². The molecular weight excluding hydrogens is 282 g/mol. The zero-order chi connectivity index (χ0) is 16.1. The fraction of sp³-hybridized carbons (Fsp3) is 0.562. The highest BCUT2D eigenvalue weighted by molar-refractivity contribution is 5.94. The summed E-state index contributed by atoms with van der Waals surface area (Å²) in [4.78, 5) is 25.0. The lowest BCUT2D eigenvalue weighted by atomic mass is 9.80. The Labute approximate surface area is 129 Å². The van der Waals surface area contributed by atoms with Crippen LogP contribution in [0.1, 0.15) is 60.6 Å². The highest BCUT2D eigenvalue weighted by Crippen LogP contribution is 2.35. The molecule has 0 aromatic carbocycles. The SMILES string of the molecule is CN(C#N)C(=O)[C@@H](CC1CCCCC1)c1ccoc1C(N)=O. The molecule has 6 heteroatoms. The number of rotatable bonds is 5. The molecule has 0 unspecified atom stereocenters. The first-order valence-corrected chi connectivity index (χ1v) is 7.59. The van der Waals surface area contributed by atoms with Crippen LogP contribution in [0.4, 0.5) is 0 Å². The molecule has 1 aliphatic rings. The van der Waals surface area contributed by atoms with Gasteiger partial charge in [-0.15, -0.1) is 0 Å². The Kier molecular flexibility index (Phi) is 5.21. The number of primary amides is 1. The average Bonchev–Trinajstić information content (AvgIpc) is 3.01. The monoisotopic (exact) mass is 303 g/mol. The van der Waals surface area contributed by atoms with Gasteiger partial charge in [0.05, 0.1) is 12.2 Å². The second kappa shape index (κ2) is 7.12. The van der Waals surface area contributed by atoms with Crippen molar-refractivity contribution in [1.29, 1.82) is 5.26 Å². The number of hydrogen-bond donors (Lipinski definition) is 1. The van der Waals surface area contributed by atoms with Crippen LogP contribution in [-0.2, 0) is 4.79 Å². The van der Waals surface area contributed by atoms with E-state index in [9.17, 15) is 9.59 Å². The first-order chi connectivity index (χ1) is 10.5. The lowest BCUT2D eigenvalue weighted by molar-refractivity contribution is -0.129. The number of likely N-dealkylation sites (N-methyl/N-ethyl adjacent to an activating group) is 1. The quantitative estimate of drug-likeness (QED) is 0.666. The van der Waals surface area contributed by atoms with E-state index in [2.05, 4.69) is 0 Å².